The molecule has 3 atom stereocenters. The van der Waals surface area contributed by atoms with Gasteiger partial charge in [-0.1, -0.05) is 18.9 Å². The molecule has 1 heterocycles. The summed E-state index contributed by atoms with van der Waals surface area (Å²) in [5.41, 5.74) is 0.531. The third-order valence-corrected chi connectivity index (χ3v) is 6.02. The van der Waals surface area contributed by atoms with Gasteiger partial charge in [-0.15, -0.1) is 6.58 Å². The lowest BCUT2D eigenvalue weighted by Crippen LogP contribution is -2.48. The second kappa shape index (κ2) is 10.7. The highest BCUT2D eigenvalue weighted by atomic mass is 19.1. The lowest BCUT2D eigenvalue weighted by atomic mass is 9.83. The van der Waals surface area contributed by atoms with Crippen LogP contribution in [0.4, 0.5) is 4.39 Å². The molecule has 0 radical (unpaired) electrons. The molecule has 1 aromatic carbocycles. The van der Waals surface area contributed by atoms with Gasteiger partial charge in [-0.05, 0) is 68.3 Å². The van der Waals surface area contributed by atoms with Crippen molar-refractivity contribution in [1.29, 1.82) is 0 Å². The molecule has 0 spiro atoms. The van der Waals surface area contributed by atoms with Crippen LogP contribution >= 0.6 is 0 Å². The van der Waals surface area contributed by atoms with Crippen LogP contribution in [0, 0.1) is 17.7 Å². The molecule has 4 nitrogen and oxygen atoms in total. The largest absolute Gasteiger partial charge is 0.377 e. The highest BCUT2D eigenvalue weighted by molar-refractivity contribution is 5.94. The number of nitrogens with zero attached hydrogens (tertiary/aromatic N) is 1. The van der Waals surface area contributed by atoms with E-state index in [1.807, 2.05) is 0 Å². The SMILES string of the molecule is C=CCOCC1CCCN(C[C@@H]2CCCCC2NC(=O)c2ccc(F)cc2)C1. The maximum absolute atomic E-state index is 13.1. The normalized spacial score (nSPS) is 26.0. The molecular formula is C23H33FN2O2. The number of piperidine rings is 1. The Labute approximate surface area is 168 Å². The minimum absolute atomic E-state index is 0.0914. The van der Waals surface area contributed by atoms with Gasteiger partial charge in [-0.25, -0.2) is 4.39 Å². The molecule has 28 heavy (non-hydrogen) atoms. The summed E-state index contributed by atoms with van der Waals surface area (Å²) in [5, 5.41) is 3.22. The molecule has 1 aliphatic heterocycles. The van der Waals surface area contributed by atoms with Gasteiger partial charge in [0.2, 0.25) is 0 Å². The first-order valence-electron chi connectivity index (χ1n) is 10.6. The number of ether oxygens (including phenoxy) is 1. The predicted molar refractivity (Wildman–Crippen MR) is 110 cm³/mol. The van der Waals surface area contributed by atoms with Gasteiger partial charge < -0.3 is 15.0 Å². The van der Waals surface area contributed by atoms with Crippen LogP contribution in [0.2, 0.25) is 0 Å². The average molecular weight is 389 g/mol. The summed E-state index contributed by atoms with van der Waals surface area (Å²) >= 11 is 0. The Morgan fingerprint density at radius 1 is 1.21 bits per heavy atom. The number of hydrogen-bond donors (Lipinski definition) is 1. The highest BCUT2D eigenvalue weighted by Gasteiger charge is 2.30. The summed E-state index contributed by atoms with van der Waals surface area (Å²) in [6, 6.07) is 6.00. The van der Waals surface area contributed by atoms with E-state index in [0.717, 1.165) is 45.5 Å². The zero-order chi connectivity index (χ0) is 19.8. The van der Waals surface area contributed by atoms with E-state index < -0.39 is 0 Å². The molecule has 2 unspecified atom stereocenters. The minimum Gasteiger partial charge on any atom is -0.377 e. The average Bonchev–Trinajstić information content (AvgIpc) is 2.70. The number of amides is 1. The molecule has 3 rings (SSSR count). The molecule has 1 amide bonds. The lowest BCUT2D eigenvalue weighted by molar-refractivity contribution is 0.0599. The third kappa shape index (κ3) is 6.14. The first kappa shape index (κ1) is 21.0. The fourth-order valence-electron chi connectivity index (χ4n) is 4.57. The van der Waals surface area contributed by atoms with Crippen molar-refractivity contribution in [2.45, 2.75) is 44.6 Å². The fourth-order valence-corrected chi connectivity index (χ4v) is 4.57. The lowest BCUT2D eigenvalue weighted by Gasteiger charge is -2.39. The number of carbonyl (C=O) groups is 1. The van der Waals surface area contributed by atoms with Crippen molar-refractivity contribution in [3.63, 3.8) is 0 Å². The molecule has 1 saturated heterocycles. The van der Waals surface area contributed by atoms with Gasteiger partial charge in [-0.2, -0.15) is 0 Å². The molecule has 1 N–H and O–H groups in total. The van der Waals surface area contributed by atoms with Gasteiger partial charge in [0, 0.05) is 24.7 Å². The molecule has 2 aliphatic rings. The number of carbonyl (C=O) groups excluding carboxylic acids is 1. The van der Waals surface area contributed by atoms with Gasteiger partial charge in [0.25, 0.3) is 5.91 Å². The zero-order valence-electron chi connectivity index (χ0n) is 16.7. The van der Waals surface area contributed by atoms with Crippen LogP contribution < -0.4 is 5.32 Å². The zero-order valence-corrected chi connectivity index (χ0v) is 16.7. The fraction of sp³-hybridized carbons (Fsp3) is 0.609. The Balaban J connectivity index is 1.53. The van der Waals surface area contributed by atoms with Crippen LogP contribution in [0.5, 0.6) is 0 Å². The monoisotopic (exact) mass is 388 g/mol. The van der Waals surface area contributed by atoms with E-state index in [4.69, 9.17) is 4.74 Å². The summed E-state index contributed by atoms with van der Waals surface area (Å²) in [4.78, 5) is 15.1. The van der Waals surface area contributed by atoms with Crippen molar-refractivity contribution in [2.24, 2.45) is 11.8 Å². The molecular weight excluding hydrogens is 355 g/mol. The van der Waals surface area contributed by atoms with Crippen LogP contribution in [0.1, 0.15) is 48.9 Å². The Morgan fingerprint density at radius 3 is 2.79 bits per heavy atom. The Kier molecular flexibility index (Phi) is 8.04. The molecule has 2 fully saturated rings. The van der Waals surface area contributed by atoms with E-state index in [0.29, 0.717) is 24.0 Å². The summed E-state index contributed by atoms with van der Waals surface area (Å²) in [5.74, 6) is 0.658. The van der Waals surface area contributed by atoms with Crippen molar-refractivity contribution in [3.8, 4) is 0 Å². The first-order valence-corrected chi connectivity index (χ1v) is 10.6. The number of benzene rings is 1. The van der Waals surface area contributed by atoms with E-state index in [2.05, 4.69) is 16.8 Å². The number of likely N-dealkylation sites (tertiary alicyclic amines) is 1. The molecule has 0 aromatic heterocycles. The summed E-state index contributed by atoms with van der Waals surface area (Å²) in [6.07, 6.45) is 8.80. The van der Waals surface area contributed by atoms with Crippen molar-refractivity contribution in [1.82, 2.24) is 10.2 Å². The van der Waals surface area contributed by atoms with Gasteiger partial charge in [0.1, 0.15) is 5.82 Å². The van der Waals surface area contributed by atoms with Gasteiger partial charge in [-0.3, -0.25) is 4.79 Å². The first-order chi connectivity index (χ1) is 13.7. The molecule has 0 bridgehead atoms. The maximum atomic E-state index is 13.1. The predicted octanol–water partition coefficient (Wildman–Crippen LogP) is 4.03. The summed E-state index contributed by atoms with van der Waals surface area (Å²) in [7, 11) is 0. The Bertz CT molecular complexity index is 634. The van der Waals surface area contributed by atoms with Crippen LogP contribution in [0.3, 0.4) is 0 Å². The van der Waals surface area contributed by atoms with Crippen LogP contribution in [-0.4, -0.2) is 49.7 Å². The van der Waals surface area contributed by atoms with Crippen molar-refractivity contribution in [3.05, 3.63) is 48.3 Å². The van der Waals surface area contributed by atoms with Crippen molar-refractivity contribution in [2.75, 3.05) is 32.8 Å². The minimum atomic E-state index is -0.316. The van der Waals surface area contributed by atoms with E-state index in [1.54, 1.807) is 18.2 Å². The Hall–Kier alpha value is -1.72. The number of rotatable bonds is 8. The number of nitrogens with one attached hydrogen (secondary N) is 1. The van der Waals surface area contributed by atoms with E-state index in [1.165, 1.54) is 31.4 Å². The van der Waals surface area contributed by atoms with Crippen molar-refractivity contribution >= 4 is 5.91 Å². The van der Waals surface area contributed by atoms with Crippen LogP contribution in [0.25, 0.3) is 0 Å². The van der Waals surface area contributed by atoms with Gasteiger partial charge >= 0.3 is 0 Å². The van der Waals surface area contributed by atoms with E-state index in [-0.39, 0.29) is 17.8 Å². The second-order valence-electron chi connectivity index (χ2n) is 8.23. The quantitative estimate of drug-likeness (QED) is 0.540. The van der Waals surface area contributed by atoms with Crippen LogP contribution in [-0.2, 0) is 4.74 Å². The molecule has 1 aromatic rings. The highest BCUT2D eigenvalue weighted by Crippen LogP contribution is 2.27. The standard InChI is InChI=1S/C23H33FN2O2/c1-2-14-28-17-18-6-5-13-26(15-18)16-20-7-3-4-8-22(20)25-23(27)19-9-11-21(24)12-10-19/h2,9-12,18,20,22H,1,3-8,13-17H2,(H,25,27)/t18?,20-,22?/m0/s1. The second-order valence-corrected chi connectivity index (χ2v) is 8.23. The van der Waals surface area contributed by atoms with E-state index >= 15 is 0 Å². The van der Waals surface area contributed by atoms with Crippen molar-refractivity contribution < 1.29 is 13.9 Å². The summed E-state index contributed by atoms with van der Waals surface area (Å²) < 4.78 is 18.8. The molecule has 1 saturated carbocycles. The van der Waals surface area contributed by atoms with Gasteiger partial charge in [0.15, 0.2) is 0 Å². The third-order valence-electron chi connectivity index (χ3n) is 6.02. The molecule has 154 valence electrons. The topological polar surface area (TPSA) is 41.6 Å². The Morgan fingerprint density at radius 2 is 2.00 bits per heavy atom. The maximum Gasteiger partial charge on any atom is 0.251 e. The molecule has 1 aliphatic carbocycles. The van der Waals surface area contributed by atoms with E-state index in [9.17, 15) is 9.18 Å². The smallest absolute Gasteiger partial charge is 0.251 e. The number of hydrogen-bond acceptors (Lipinski definition) is 3. The van der Waals surface area contributed by atoms with Gasteiger partial charge in [0.05, 0.1) is 13.2 Å². The summed E-state index contributed by atoms with van der Waals surface area (Å²) in [6.45, 7) is 8.37. The van der Waals surface area contributed by atoms with Crippen LogP contribution in [0.15, 0.2) is 36.9 Å². The molecule has 5 heteroatoms. The number of halogens is 1.